The summed E-state index contributed by atoms with van der Waals surface area (Å²) in [5, 5.41) is 0.154. The second-order valence-electron chi connectivity index (χ2n) is 2.86. The number of rotatable bonds is 0. The van der Waals surface area contributed by atoms with E-state index in [1.54, 1.807) is 23.6 Å². The van der Waals surface area contributed by atoms with E-state index in [1.165, 1.54) is 0 Å². The van der Waals surface area contributed by atoms with E-state index in [9.17, 15) is 4.79 Å². The molecule has 60 valence electrons. The van der Waals surface area contributed by atoms with Crippen molar-refractivity contribution in [3.05, 3.63) is 12.3 Å². The first-order valence-electron chi connectivity index (χ1n) is 3.44. The van der Waals surface area contributed by atoms with Gasteiger partial charge in [0, 0.05) is 12.0 Å². The molecule has 2 rings (SSSR count). The first-order chi connectivity index (χ1) is 5.14. The SMILES string of the molecule is CC1(Cl)C(=O)N2C=CCS[C@H]21. The Labute approximate surface area is 74.6 Å². The molecule has 1 saturated heterocycles. The van der Waals surface area contributed by atoms with E-state index in [0.717, 1.165) is 5.75 Å². The zero-order valence-electron chi connectivity index (χ0n) is 6.08. The van der Waals surface area contributed by atoms with Crippen LogP contribution in [0.3, 0.4) is 0 Å². The molecule has 1 fully saturated rings. The van der Waals surface area contributed by atoms with Gasteiger partial charge in [-0.3, -0.25) is 4.79 Å². The molecule has 0 aromatic heterocycles. The zero-order chi connectivity index (χ0) is 8.06. The fourth-order valence-electron chi connectivity index (χ4n) is 1.35. The summed E-state index contributed by atoms with van der Waals surface area (Å²) < 4.78 is 0. The van der Waals surface area contributed by atoms with Gasteiger partial charge in [-0.1, -0.05) is 6.08 Å². The highest BCUT2D eigenvalue weighted by Crippen LogP contribution is 2.44. The number of hydrogen-bond donors (Lipinski definition) is 0. The molecule has 0 radical (unpaired) electrons. The van der Waals surface area contributed by atoms with Crippen LogP contribution in [0.4, 0.5) is 0 Å². The molecule has 2 aliphatic rings. The summed E-state index contributed by atoms with van der Waals surface area (Å²) in [6.45, 7) is 1.78. The molecule has 4 heteroatoms. The van der Waals surface area contributed by atoms with Crippen LogP contribution >= 0.6 is 23.4 Å². The van der Waals surface area contributed by atoms with Crippen molar-refractivity contribution in [2.45, 2.75) is 17.2 Å². The van der Waals surface area contributed by atoms with E-state index in [1.807, 2.05) is 12.3 Å². The third-order valence-corrected chi connectivity index (χ3v) is 3.88. The van der Waals surface area contributed by atoms with Gasteiger partial charge in [0.2, 0.25) is 0 Å². The number of fused-ring (bicyclic) bond motifs is 1. The highest BCUT2D eigenvalue weighted by Gasteiger charge is 2.56. The monoisotopic (exact) mass is 189 g/mol. The number of carbonyl (C=O) groups excluding carboxylic acids is 1. The van der Waals surface area contributed by atoms with E-state index in [-0.39, 0.29) is 11.3 Å². The lowest BCUT2D eigenvalue weighted by Gasteiger charge is -2.50. The summed E-state index contributed by atoms with van der Waals surface area (Å²) in [5.41, 5.74) is 0. The Morgan fingerprint density at radius 3 is 3.27 bits per heavy atom. The van der Waals surface area contributed by atoms with Gasteiger partial charge in [-0.05, 0) is 6.92 Å². The van der Waals surface area contributed by atoms with Crippen molar-refractivity contribution in [1.29, 1.82) is 0 Å². The van der Waals surface area contributed by atoms with Crippen molar-refractivity contribution in [1.82, 2.24) is 4.90 Å². The number of nitrogens with zero attached hydrogens (tertiary/aromatic N) is 1. The van der Waals surface area contributed by atoms with Gasteiger partial charge in [0.25, 0.3) is 5.91 Å². The van der Waals surface area contributed by atoms with Gasteiger partial charge in [-0.2, -0.15) is 0 Å². The third-order valence-electron chi connectivity index (χ3n) is 1.99. The highest BCUT2D eigenvalue weighted by atomic mass is 35.5. The number of β-lactam (4-membered cyclic amide) rings is 1. The molecule has 2 heterocycles. The van der Waals surface area contributed by atoms with E-state index >= 15 is 0 Å². The van der Waals surface area contributed by atoms with Crippen molar-refractivity contribution in [3.8, 4) is 0 Å². The molecular weight excluding hydrogens is 182 g/mol. The molecule has 0 saturated carbocycles. The summed E-state index contributed by atoms with van der Waals surface area (Å²) in [6.07, 6.45) is 3.80. The Bertz CT molecular complexity index is 239. The maximum absolute atomic E-state index is 11.2. The highest BCUT2D eigenvalue weighted by molar-refractivity contribution is 8.00. The minimum atomic E-state index is -0.657. The van der Waals surface area contributed by atoms with Gasteiger partial charge >= 0.3 is 0 Å². The Morgan fingerprint density at radius 1 is 1.91 bits per heavy atom. The molecule has 0 spiro atoms. The maximum Gasteiger partial charge on any atom is 0.251 e. The standard InChI is InChI=1S/C7H8ClNOS/c1-7(8)5(10)9-3-2-4-11-6(7)9/h2-3,6H,4H2,1H3/t6-,7?/m0/s1. The Hall–Kier alpha value is -0.150. The topological polar surface area (TPSA) is 20.3 Å². The Morgan fingerprint density at radius 2 is 2.64 bits per heavy atom. The van der Waals surface area contributed by atoms with Crippen LogP contribution in [0.15, 0.2) is 12.3 Å². The largest absolute Gasteiger partial charge is 0.303 e. The lowest BCUT2D eigenvalue weighted by atomic mass is 10.0. The zero-order valence-corrected chi connectivity index (χ0v) is 7.65. The van der Waals surface area contributed by atoms with Gasteiger partial charge < -0.3 is 4.90 Å². The summed E-state index contributed by atoms with van der Waals surface area (Å²) >= 11 is 7.69. The number of halogens is 1. The van der Waals surface area contributed by atoms with Crippen molar-refractivity contribution in [3.63, 3.8) is 0 Å². The predicted molar refractivity (Wildman–Crippen MR) is 46.5 cm³/mol. The van der Waals surface area contributed by atoms with Crippen molar-refractivity contribution in [2.75, 3.05) is 5.75 Å². The van der Waals surface area contributed by atoms with Crippen LogP contribution in [0, 0.1) is 0 Å². The first kappa shape index (κ1) is 7.50. The summed E-state index contributed by atoms with van der Waals surface area (Å²) in [5.74, 6) is 0.976. The fourth-order valence-corrected chi connectivity index (χ4v) is 2.86. The molecule has 0 aromatic rings. The number of hydrogen-bond acceptors (Lipinski definition) is 2. The number of amides is 1. The average molecular weight is 190 g/mol. The summed E-state index contributed by atoms with van der Waals surface area (Å²) in [6, 6.07) is 0. The van der Waals surface area contributed by atoms with E-state index in [4.69, 9.17) is 11.6 Å². The number of alkyl halides is 1. The second-order valence-corrected chi connectivity index (χ2v) is 4.76. The summed E-state index contributed by atoms with van der Waals surface area (Å²) in [4.78, 5) is 12.3. The molecule has 0 N–H and O–H groups in total. The molecule has 2 aliphatic heterocycles. The Kier molecular flexibility index (Phi) is 1.48. The van der Waals surface area contributed by atoms with E-state index in [2.05, 4.69) is 0 Å². The fraction of sp³-hybridized carbons (Fsp3) is 0.571. The summed E-state index contributed by atoms with van der Waals surface area (Å²) in [7, 11) is 0. The number of carbonyl (C=O) groups is 1. The molecule has 11 heavy (non-hydrogen) atoms. The van der Waals surface area contributed by atoms with Gasteiger partial charge in [0.1, 0.15) is 5.37 Å². The molecule has 1 amide bonds. The quantitative estimate of drug-likeness (QED) is 0.424. The smallest absolute Gasteiger partial charge is 0.251 e. The second kappa shape index (κ2) is 2.17. The van der Waals surface area contributed by atoms with Gasteiger partial charge in [-0.15, -0.1) is 23.4 Å². The molecule has 1 unspecified atom stereocenters. The van der Waals surface area contributed by atoms with Crippen LogP contribution in [0.2, 0.25) is 0 Å². The average Bonchev–Trinajstić information content (AvgIpc) is 2.04. The van der Waals surface area contributed by atoms with Crippen LogP contribution in [0.5, 0.6) is 0 Å². The van der Waals surface area contributed by atoms with Crippen molar-refractivity contribution in [2.24, 2.45) is 0 Å². The number of thioether (sulfide) groups is 1. The first-order valence-corrected chi connectivity index (χ1v) is 4.86. The predicted octanol–water partition coefficient (Wildman–Crippen LogP) is 1.41. The van der Waals surface area contributed by atoms with Gasteiger partial charge in [-0.25, -0.2) is 0 Å². The normalized spacial score (nSPS) is 41.8. The van der Waals surface area contributed by atoms with E-state index in [0.29, 0.717) is 0 Å². The molecule has 2 nitrogen and oxygen atoms in total. The van der Waals surface area contributed by atoms with Crippen molar-refractivity contribution >= 4 is 29.3 Å². The minimum Gasteiger partial charge on any atom is -0.303 e. The van der Waals surface area contributed by atoms with Gasteiger partial charge in [0.05, 0.1) is 0 Å². The Balaban J connectivity index is 2.26. The molecule has 2 atom stereocenters. The molecule has 0 aliphatic carbocycles. The minimum absolute atomic E-state index is 0.0209. The van der Waals surface area contributed by atoms with Crippen LogP contribution in [-0.4, -0.2) is 26.8 Å². The van der Waals surface area contributed by atoms with Crippen LogP contribution in [0.25, 0.3) is 0 Å². The maximum atomic E-state index is 11.2. The van der Waals surface area contributed by atoms with Crippen molar-refractivity contribution < 1.29 is 4.79 Å². The lowest BCUT2D eigenvalue weighted by Crippen LogP contribution is -2.66. The van der Waals surface area contributed by atoms with Crippen LogP contribution in [0.1, 0.15) is 6.92 Å². The molecule has 0 aromatic carbocycles. The van der Waals surface area contributed by atoms with Gasteiger partial charge in [0.15, 0.2) is 4.87 Å². The van der Waals surface area contributed by atoms with Crippen LogP contribution < -0.4 is 0 Å². The van der Waals surface area contributed by atoms with Crippen LogP contribution in [-0.2, 0) is 4.79 Å². The molecular formula is C7H8ClNOS. The lowest BCUT2D eigenvalue weighted by molar-refractivity contribution is -0.142. The molecule has 0 bridgehead atoms. The van der Waals surface area contributed by atoms with E-state index < -0.39 is 4.87 Å². The third kappa shape index (κ3) is 0.842.